The third-order valence-electron chi connectivity index (χ3n) is 3.60. The molecule has 118 valence electrons. The molecule has 0 fully saturated rings. The highest BCUT2D eigenvalue weighted by Gasteiger charge is 2.09. The zero-order valence-electron chi connectivity index (χ0n) is 12.6. The average Bonchev–Trinajstić information content (AvgIpc) is 2.53. The van der Waals surface area contributed by atoms with Gasteiger partial charge in [-0.05, 0) is 30.0 Å². The summed E-state index contributed by atoms with van der Waals surface area (Å²) >= 11 is 0. The van der Waals surface area contributed by atoms with Crippen LogP contribution >= 0.6 is 0 Å². The van der Waals surface area contributed by atoms with Crippen molar-refractivity contribution in [2.24, 2.45) is 0 Å². The number of nitrogens with zero attached hydrogens (tertiary/aromatic N) is 2. The molecule has 3 N–H and O–H groups in total. The third-order valence-corrected chi connectivity index (χ3v) is 3.60. The van der Waals surface area contributed by atoms with Gasteiger partial charge in [-0.15, -0.1) is 0 Å². The molecule has 0 saturated carbocycles. The van der Waals surface area contributed by atoms with Gasteiger partial charge in [-0.1, -0.05) is 24.3 Å². The lowest BCUT2D eigenvalue weighted by Gasteiger charge is -2.10. The minimum atomic E-state index is -2.43. The molecular weight excluding hydrogens is 298 g/mol. The number of pyridine rings is 2. The number of benzene rings is 1. The Balaban J connectivity index is 2.06. The van der Waals surface area contributed by atoms with Gasteiger partial charge in [0.15, 0.2) is 0 Å². The zero-order chi connectivity index (χ0) is 16.4. The number of nitrogens with two attached hydrogens (primary N) is 1. The average molecular weight is 314 g/mol. The van der Waals surface area contributed by atoms with Gasteiger partial charge in [0.1, 0.15) is 11.6 Å². The minimum absolute atomic E-state index is 0.369. The lowest BCUT2D eigenvalue weighted by Crippen LogP contribution is -2.11. The van der Waals surface area contributed by atoms with Crippen LogP contribution in [0.25, 0.3) is 22.0 Å². The van der Waals surface area contributed by atoms with Crippen LogP contribution in [0.15, 0.2) is 42.6 Å². The van der Waals surface area contributed by atoms with Crippen molar-refractivity contribution >= 4 is 22.4 Å². The van der Waals surface area contributed by atoms with Crippen molar-refractivity contribution in [2.45, 2.75) is 13.3 Å². The summed E-state index contributed by atoms with van der Waals surface area (Å²) in [6, 6.07) is 11.5. The maximum atomic E-state index is 12.3. The Hall–Kier alpha value is -2.76. The molecule has 0 bridgehead atoms. The lowest BCUT2D eigenvalue weighted by atomic mass is 10.0. The molecule has 0 unspecified atom stereocenters. The molecule has 0 aliphatic heterocycles. The fourth-order valence-electron chi connectivity index (χ4n) is 2.45. The Morgan fingerprint density at radius 1 is 1.22 bits per heavy atom. The third kappa shape index (κ3) is 3.21. The molecule has 1 aromatic carbocycles. The molecule has 6 heteroatoms. The number of anilines is 2. The van der Waals surface area contributed by atoms with E-state index in [0.717, 1.165) is 22.2 Å². The normalized spacial score (nSPS) is 11.1. The summed E-state index contributed by atoms with van der Waals surface area (Å²) in [5.41, 5.74) is 8.85. The van der Waals surface area contributed by atoms with Gasteiger partial charge in [0.25, 0.3) is 6.43 Å². The quantitative estimate of drug-likeness (QED) is 0.767. The zero-order valence-corrected chi connectivity index (χ0v) is 12.6. The number of aryl methyl sites for hydroxylation is 1. The summed E-state index contributed by atoms with van der Waals surface area (Å²) in [6.45, 7) is 1.56. The van der Waals surface area contributed by atoms with E-state index in [0.29, 0.717) is 17.0 Å². The Kier molecular flexibility index (Phi) is 4.06. The van der Waals surface area contributed by atoms with E-state index >= 15 is 0 Å². The molecule has 0 amide bonds. The Morgan fingerprint density at radius 2 is 2.00 bits per heavy atom. The van der Waals surface area contributed by atoms with Gasteiger partial charge in [-0.3, -0.25) is 0 Å². The Bertz CT molecular complexity index is 849. The largest absolute Gasteiger partial charge is 0.383 e. The SMILES string of the molecule is Cc1ccccc1-c1cc2cc(NCC(F)F)ncc2c(N)n1. The summed E-state index contributed by atoms with van der Waals surface area (Å²) in [4.78, 5) is 8.53. The molecule has 3 rings (SSSR count). The van der Waals surface area contributed by atoms with Crippen LogP contribution in [0.4, 0.5) is 20.4 Å². The van der Waals surface area contributed by atoms with Crippen LogP contribution < -0.4 is 11.1 Å². The molecule has 0 spiro atoms. The molecule has 2 heterocycles. The van der Waals surface area contributed by atoms with Crippen molar-refractivity contribution in [1.82, 2.24) is 9.97 Å². The van der Waals surface area contributed by atoms with E-state index in [-0.39, 0.29) is 0 Å². The second-order valence-corrected chi connectivity index (χ2v) is 5.27. The van der Waals surface area contributed by atoms with Crippen LogP contribution in [0.3, 0.4) is 0 Å². The molecule has 3 aromatic rings. The van der Waals surface area contributed by atoms with Crippen molar-refractivity contribution in [3.05, 3.63) is 48.2 Å². The molecule has 23 heavy (non-hydrogen) atoms. The van der Waals surface area contributed by atoms with E-state index in [9.17, 15) is 8.78 Å². The van der Waals surface area contributed by atoms with Crippen LogP contribution in [0.1, 0.15) is 5.56 Å². The standard InChI is InChI=1S/C17H16F2N4/c1-10-4-2-3-5-12(10)14-6-11-7-16(22-9-15(18)19)21-8-13(11)17(20)23-14/h2-8,15H,9H2,1H3,(H2,20,23)(H,21,22). The van der Waals surface area contributed by atoms with Crippen molar-refractivity contribution in [2.75, 3.05) is 17.6 Å². The van der Waals surface area contributed by atoms with Gasteiger partial charge in [0, 0.05) is 17.1 Å². The summed E-state index contributed by atoms with van der Waals surface area (Å²) in [7, 11) is 0. The second kappa shape index (κ2) is 6.16. The van der Waals surface area contributed by atoms with E-state index in [1.807, 2.05) is 37.3 Å². The van der Waals surface area contributed by atoms with Crippen LogP contribution in [-0.2, 0) is 0 Å². The van der Waals surface area contributed by atoms with Crippen LogP contribution in [-0.4, -0.2) is 22.9 Å². The van der Waals surface area contributed by atoms with Crippen molar-refractivity contribution < 1.29 is 8.78 Å². The molecule has 2 aromatic heterocycles. The first-order valence-electron chi connectivity index (χ1n) is 7.19. The first-order chi connectivity index (χ1) is 11.0. The number of nitrogens with one attached hydrogen (secondary N) is 1. The first kappa shape index (κ1) is 15.1. The summed E-state index contributed by atoms with van der Waals surface area (Å²) in [5, 5.41) is 4.11. The number of nitrogen functional groups attached to an aromatic ring is 1. The maximum absolute atomic E-state index is 12.3. The molecular formula is C17H16F2N4. The van der Waals surface area contributed by atoms with E-state index in [1.54, 1.807) is 12.3 Å². The highest BCUT2D eigenvalue weighted by molar-refractivity contribution is 5.94. The fraction of sp³-hybridized carbons (Fsp3) is 0.176. The van der Waals surface area contributed by atoms with Crippen LogP contribution in [0.2, 0.25) is 0 Å². The van der Waals surface area contributed by atoms with E-state index in [4.69, 9.17) is 5.73 Å². The lowest BCUT2D eigenvalue weighted by molar-refractivity contribution is 0.163. The van der Waals surface area contributed by atoms with Gasteiger partial charge in [-0.2, -0.15) is 0 Å². The number of hydrogen-bond acceptors (Lipinski definition) is 4. The molecule has 0 aliphatic rings. The van der Waals surface area contributed by atoms with E-state index < -0.39 is 13.0 Å². The topological polar surface area (TPSA) is 63.8 Å². The van der Waals surface area contributed by atoms with Gasteiger partial charge in [0.05, 0.1) is 12.2 Å². The van der Waals surface area contributed by atoms with Crippen LogP contribution in [0.5, 0.6) is 0 Å². The summed E-state index contributed by atoms with van der Waals surface area (Å²) in [5.74, 6) is 0.757. The number of rotatable bonds is 4. The molecule has 0 radical (unpaired) electrons. The van der Waals surface area contributed by atoms with Crippen LogP contribution in [0, 0.1) is 6.92 Å². The molecule has 0 saturated heterocycles. The summed E-state index contributed by atoms with van der Waals surface area (Å²) in [6.07, 6.45) is -0.884. The van der Waals surface area contributed by atoms with Gasteiger partial charge < -0.3 is 11.1 Å². The van der Waals surface area contributed by atoms with Crippen molar-refractivity contribution in [3.8, 4) is 11.3 Å². The molecule has 0 aliphatic carbocycles. The number of alkyl halides is 2. The van der Waals surface area contributed by atoms with Gasteiger partial charge in [0.2, 0.25) is 0 Å². The van der Waals surface area contributed by atoms with E-state index in [1.165, 1.54) is 0 Å². The predicted octanol–water partition coefficient (Wildman–Crippen LogP) is 3.86. The highest BCUT2D eigenvalue weighted by Crippen LogP contribution is 2.28. The Morgan fingerprint density at radius 3 is 2.74 bits per heavy atom. The van der Waals surface area contributed by atoms with E-state index in [2.05, 4.69) is 15.3 Å². The van der Waals surface area contributed by atoms with Gasteiger partial charge in [-0.25, -0.2) is 18.7 Å². The molecule has 0 atom stereocenters. The monoisotopic (exact) mass is 314 g/mol. The highest BCUT2D eigenvalue weighted by atomic mass is 19.3. The van der Waals surface area contributed by atoms with Gasteiger partial charge >= 0.3 is 0 Å². The number of aromatic nitrogens is 2. The number of halogens is 2. The first-order valence-corrected chi connectivity index (χ1v) is 7.19. The van der Waals surface area contributed by atoms with Crippen molar-refractivity contribution in [3.63, 3.8) is 0 Å². The fourth-order valence-corrected chi connectivity index (χ4v) is 2.45. The second-order valence-electron chi connectivity index (χ2n) is 5.27. The maximum Gasteiger partial charge on any atom is 0.255 e. The predicted molar refractivity (Wildman–Crippen MR) is 88.6 cm³/mol. The summed E-state index contributed by atoms with van der Waals surface area (Å²) < 4.78 is 24.6. The number of hydrogen-bond donors (Lipinski definition) is 2. The molecule has 4 nitrogen and oxygen atoms in total. The number of fused-ring (bicyclic) bond motifs is 1. The Labute approximate surface area is 132 Å². The van der Waals surface area contributed by atoms with Crippen molar-refractivity contribution in [1.29, 1.82) is 0 Å². The smallest absolute Gasteiger partial charge is 0.255 e. The minimum Gasteiger partial charge on any atom is -0.383 e.